The SMILES string of the molecule is O=C(OCC(=O)N1N=C(c2ccc(Cl)cc2)C[C@@H]1c1ccco1)C(c1ccccc1)c1ccccc1. The molecule has 0 unspecified atom stereocenters. The second-order valence-corrected chi connectivity index (χ2v) is 8.83. The Labute approximate surface area is 213 Å². The minimum Gasteiger partial charge on any atom is -0.467 e. The topological polar surface area (TPSA) is 72.1 Å². The summed E-state index contributed by atoms with van der Waals surface area (Å²) in [4.78, 5) is 26.5. The summed E-state index contributed by atoms with van der Waals surface area (Å²) in [5, 5.41) is 6.53. The average molecular weight is 499 g/mol. The number of carbonyl (C=O) groups is 2. The van der Waals surface area contributed by atoms with Gasteiger partial charge in [-0.1, -0.05) is 84.4 Å². The van der Waals surface area contributed by atoms with E-state index in [1.165, 1.54) is 5.01 Å². The third kappa shape index (κ3) is 5.09. The van der Waals surface area contributed by atoms with Crippen molar-refractivity contribution in [2.45, 2.75) is 18.4 Å². The van der Waals surface area contributed by atoms with Crippen LogP contribution in [0.25, 0.3) is 0 Å². The van der Waals surface area contributed by atoms with Crippen LogP contribution >= 0.6 is 11.6 Å². The van der Waals surface area contributed by atoms with Crippen LogP contribution in [0.15, 0.2) is 113 Å². The van der Waals surface area contributed by atoms with Gasteiger partial charge in [0.15, 0.2) is 6.61 Å². The van der Waals surface area contributed by atoms with Crippen LogP contribution in [0.3, 0.4) is 0 Å². The molecule has 0 bridgehead atoms. The van der Waals surface area contributed by atoms with Gasteiger partial charge in [-0.25, -0.2) is 5.01 Å². The fraction of sp³-hybridized carbons (Fsp3) is 0.138. The molecule has 0 radical (unpaired) electrons. The van der Waals surface area contributed by atoms with Crippen molar-refractivity contribution in [1.29, 1.82) is 0 Å². The minimum atomic E-state index is -0.646. The van der Waals surface area contributed by atoms with Crippen molar-refractivity contribution >= 4 is 29.2 Å². The molecule has 0 fully saturated rings. The molecule has 2 heterocycles. The molecule has 1 atom stereocenters. The Kier molecular flexibility index (Phi) is 6.96. The highest BCUT2D eigenvalue weighted by molar-refractivity contribution is 6.30. The Balaban J connectivity index is 1.36. The molecule has 1 aliphatic rings. The van der Waals surface area contributed by atoms with Gasteiger partial charge in [-0.2, -0.15) is 5.10 Å². The summed E-state index contributed by atoms with van der Waals surface area (Å²) >= 11 is 6.02. The molecular weight excluding hydrogens is 476 g/mol. The van der Waals surface area contributed by atoms with Crippen molar-refractivity contribution in [3.63, 3.8) is 0 Å². The molecule has 180 valence electrons. The molecular formula is C29H23ClN2O4. The lowest BCUT2D eigenvalue weighted by molar-refractivity contribution is -0.153. The Morgan fingerprint density at radius 2 is 1.56 bits per heavy atom. The first-order chi connectivity index (χ1) is 17.6. The van der Waals surface area contributed by atoms with Crippen LogP contribution in [0.2, 0.25) is 5.02 Å². The largest absolute Gasteiger partial charge is 0.467 e. The number of benzene rings is 3. The molecule has 3 aromatic carbocycles. The summed E-state index contributed by atoms with van der Waals surface area (Å²) in [6, 6.07) is 29.2. The molecule has 1 aliphatic heterocycles. The number of ether oxygens (including phenoxy) is 1. The Hall–Kier alpha value is -4.16. The zero-order valence-electron chi connectivity index (χ0n) is 19.3. The van der Waals surface area contributed by atoms with E-state index in [9.17, 15) is 9.59 Å². The summed E-state index contributed by atoms with van der Waals surface area (Å²) in [5.74, 6) is -0.980. The molecule has 4 aromatic rings. The molecule has 0 aliphatic carbocycles. The van der Waals surface area contributed by atoms with Crippen LogP contribution in [0.4, 0.5) is 0 Å². The third-order valence-electron chi connectivity index (χ3n) is 6.05. The maximum absolute atomic E-state index is 13.3. The first-order valence-electron chi connectivity index (χ1n) is 11.6. The van der Waals surface area contributed by atoms with Gasteiger partial charge < -0.3 is 9.15 Å². The van der Waals surface area contributed by atoms with Gasteiger partial charge in [0.2, 0.25) is 0 Å². The van der Waals surface area contributed by atoms with Crippen molar-refractivity contribution in [1.82, 2.24) is 5.01 Å². The van der Waals surface area contributed by atoms with Crippen molar-refractivity contribution in [2.75, 3.05) is 6.61 Å². The van der Waals surface area contributed by atoms with Crippen molar-refractivity contribution in [3.05, 3.63) is 131 Å². The van der Waals surface area contributed by atoms with Crippen LogP contribution in [-0.2, 0) is 14.3 Å². The fourth-order valence-corrected chi connectivity index (χ4v) is 4.42. The quantitative estimate of drug-likeness (QED) is 0.293. The summed E-state index contributed by atoms with van der Waals surface area (Å²) in [6.45, 7) is -0.441. The summed E-state index contributed by atoms with van der Waals surface area (Å²) < 4.78 is 11.1. The van der Waals surface area contributed by atoms with Crippen LogP contribution in [0.1, 0.15) is 40.8 Å². The number of hydrogen-bond acceptors (Lipinski definition) is 5. The lowest BCUT2D eigenvalue weighted by Gasteiger charge is -2.21. The number of amides is 1. The van der Waals surface area contributed by atoms with Gasteiger partial charge in [0.05, 0.1) is 12.0 Å². The molecule has 1 aromatic heterocycles. The average Bonchev–Trinajstić information content (AvgIpc) is 3.60. The second kappa shape index (κ2) is 10.6. The summed E-state index contributed by atoms with van der Waals surface area (Å²) in [6.07, 6.45) is 2.02. The number of hydrogen-bond donors (Lipinski definition) is 0. The molecule has 6 nitrogen and oxygen atoms in total. The fourth-order valence-electron chi connectivity index (χ4n) is 4.30. The van der Waals surface area contributed by atoms with Gasteiger partial charge in [-0.15, -0.1) is 0 Å². The Morgan fingerprint density at radius 1 is 0.917 bits per heavy atom. The van der Waals surface area contributed by atoms with E-state index in [1.807, 2.05) is 72.8 Å². The minimum absolute atomic E-state index is 0.434. The van der Waals surface area contributed by atoms with E-state index < -0.39 is 30.4 Å². The predicted molar refractivity (Wildman–Crippen MR) is 137 cm³/mol. The normalized spacial score (nSPS) is 15.1. The number of nitrogens with zero attached hydrogens (tertiary/aromatic N) is 2. The van der Waals surface area contributed by atoms with E-state index in [1.54, 1.807) is 30.5 Å². The van der Waals surface area contributed by atoms with E-state index in [-0.39, 0.29) is 0 Å². The van der Waals surface area contributed by atoms with E-state index in [0.717, 1.165) is 22.4 Å². The first-order valence-corrected chi connectivity index (χ1v) is 11.9. The highest BCUT2D eigenvalue weighted by Gasteiger charge is 2.36. The molecule has 0 saturated heterocycles. The molecule has 5 rings (SSSR count). The molecule has 0 saturated carbocycles. The van der Waals surface area contributed by atoms with E-state index >= 15 is 0 Å². The third-order valence-corrected chi connectivity index (χ3v) is 6.31. The Morgan fingerprint density at radius 3 is 2.14 bits per heavy atom. The second-order valence-electron chi connectivity index (χ2n) is 8.39. The molecule has 7 heteroatoms. The number of esters is 1. The highest BCUT2D eigenvalue weighted by atomic mass is 35.5. The predicted octanol–water partition coefficient (Wildman–Crippen LogP) is 5.99. The molecule has 36 heavy (non-hydrogen) atoms. The van der Waals surface area contributed by atoms with Crippen LogP contribution in [0.5, 0.6) is 0 Å². The van der Waals surface area contributed by atoms with Gasteiger partial charge in [0, 0.05) is 11.4 Å². The highest BCUT2D eigenvalue weighted by Crippen LogP contribution is 2.33. The number of furan rings is 1. The van der Waals surface area contributed by atoms with Gasteiger partial charge in [0.1, 0.15) is 17.7 Å². The Bertz CT molecular complexity index is 1310. The van der Waals surface area contributed by atoms with E-state index in [4.69, 9.17) is 20.8 Å². The zero-order chi connectivity index (χ0) is 24.9. The van der Waals surface area contributed by atoms with Crippen molar-refractivity contribution in [3.8, 4) is 0 Å². The maximum atomic E-state index is 13.3. The van der Waals surface area contributed by atoms with Gasteiger partial charge in [-0.05, 0) is 41.0 Å². The van der Waals surface area contributed by atoms with Crippen molar-refractivity contribution in [2.24, 2.45) is 5.10 Å². The summed E-state index contributed by atoms with van der Waals surface area (Å²) in [7, 11) is 0. The van der Waals surface area contributed by atoms with E-state index in [0.29, 0.717) is 17.2 Å². The van der Waals surface area contributed by atoms with Crippen LogP contribution < -0.4 is 0 Å². The standard InChI is InChI=1S/C29H23ClN2O4/c30-23-15-13-20(14-16-23)24-18-25(26-12-7-17-35-26)32(31-24)27(33)19-36-29(34)28(21-8-3-1-4-9-21)22-10-5-2-6-11-22/h1-17,25,28H,18-19H2/t25-/m1/s1. The number of rotatable bonds is 7. The first kappa shape index (κ1) is 23.6. The number of carbonyl (C=O) groups excluding carboxylic acids is 2. The summed E-state index contributed by atoms with van der Waals surface area (Å²) in [5.41, 5.74) is 3.16. The van der Waals surface area contributed by atoms with Gasteiger partial charge >= 0.3 is 5.97 Å². The lowest BCUT2D eigenvalue weighted by Crippen LogP contribution is -2.32. The molecule has 1 amide bonds. The monoisotopic (exact) mass is 498 g/mol. The van der Waals surface area contributed by atoms with Gasteiger partial charge in [-0.3, -0.25) is 9.59 Å². The molecule has 0 spiro atoms. The smallest absolute Gasteiger partial charge is 0.318 e. The molecule has 0 N–H and O–H groups in total. The van der Waals surface area contributed by atoms with Crippen LogP contribution in [-0.4, -0.2) is 29.2 Å². The maximum Gasteiger partial charge on any atom is 0.318 e. The van der Waals surface area contributed by atoms with Gasteiger partial charge in [0.25, 0.3) is 5.91 Å². The van der Waals surface area contributed by atoms with Crippen molar-refractivity contribution < 1.29 is 18.7 Å². The number of hydrazone groups is 1. The lowest BCUT2D eigenvalue weighted by atomic mass is 9.91. The van der Waals surface area contributed by atoms with Crippen LogP contribution in [0, 0.1) is 0 Å². The number of halogens is 1. The zero-order valence-corrected chi connectivity index (χ0v) is 20.0. The van der Waals surface area contributed by atoms with E-state index in [2.05, 4.69) is 5.10 Å².